The van der Waals surface area contributed by atoms with Crippen LogP contribution >= 0.6 is 0 Å². The molecule has 0 bridgehead atoms. The molecular weight excluding hydrogens is 232 g/mol. The molecule has 0 aromatic heterocycles. The van der Waals surface area contributed by atoms with Gasteiger partial charge >= 0.3 is 0 Å². The maximum absolute atomic E-state index is 9.60. The van der Waals surface area contributed by atoms with E-state index in [1.54, 1.807) is 0 Å². The third-order valence-electron chi connectivity index (χ3n) is 4.43. The van der Waals surface area contributed by atoms with E-state index in [0.29, 0.717) is 12.3 Å². The normalized spacial score (nSPS) is 28.8. The molecule has 0 aromatic rings. The number of aliphatic hydroxyl groups excluding tert-OH is 3. The Morgan fingerprint density at radius 1 is 1.00 bits per heavy atom. The lowest BCUT2D eigenvalue weighted by molar-refractivity contribution is -0.0468. The lowest BCUT2D eigenvalue weighted by atomic mass is 9.68. The third-order valence-corrected chi connectivity index (χ3v) is 4.43. The Labute approximate surface area is 110 Å². The average molecular weight is 260 g/mol. The fourth-order valence-corrected chi connectivity index (χ4v) is 2.96. The summed E-state index contributed by atoms with van der Waals surface area (Å²) in [5.74, 6) is 0.425. The highest BCUT2D eigenvalue weighted by Crippen LogP contribution is 2.42. The molecule has 0 saturated heterocycles. The molecule has 4 heteroatoms. The fraction of sp³-hybridized carbons (Fsp3) is 1.00. The van der Waals surface area contributed by atoms with Crippen LogP contribution in [0.15, 0.2) is 0 Å². The molecule has 4 N–H and O–H groups in total. The van der Waals surface area contributed by atoms with Crippen LogP contribution in [0.5, 0.6) is 0 Å². The first kappa shape index (κ1) is 15.9. The van der Waals surface area contributed by atoms with Gasteiger partial charge in [-0.3, -0.25) is 0 Å². The zero-order valence-electron chi connectivity index (χ0n) is 11.2. The quantitative estimate of drug-likeness (QED) is 0.393. The monoisotopic (exact) mass is 260 g/mol. The Bertz CT molecular complexity index is 210. The van der Waals surface area contributed by atoms with E-state index < -0.39 is 6.29 Å². The first-order valence-corrected chi connectivity index (χ1v) is 7.20. The van der Waals surface area contributed by atoms with Crippen molar-refractivity contribution in [2.24, 2.45) is 11.3 Å². The minimum atomic E-state index is -1.18. The van der Waals surface area contributed by atoms with Crippen LogP contribution in [0.4, 0.5) is 0 Å². The molecule has 4 nitrogen and oxygen atoms in total. The number of hydrogen-bond donors (Lipinski definition) is 4. The van der Waals surface area contributed by atoms with Gasteiger partial charge < -0.3 is 20.4 Å². The molecular formula is C14H28O4. The smallest absolute Gasteiger partial charge is 0.151 e. The number of rotatable bonds is 8. The van der Waals surface area contributed by atoms with E-state index >= 15 is 0 Å². The van der Waals surface area contributed by atoms with Gasteiger partial charge in [0.25, 0.3) is 0 Å². The van der Waals surface area contributed by atoms with Crippen molar-refractivity contribution in [2.45, 2.75) is 64.1 Å². The second-order valence-corrected chi connectivity index (χ2v) is 5.86. The average Bonchev–Trinajstić information content (AvgIpc) is 2.38. The third kappa shape index (κ3) is 5.22. The zero-order chi connectivity index (χ0) is 13.4. The van der Waals surface area contributed by atoms with Crippen molar-refractivity contribution in [3.63, 3.8) is 0 Å². The highest BCUT2D eigenvalue weighted by atomic mass is 16.5. The van der Waals surface area contributed by atoms with Gasteiger partial charge in [-0.2, -0.15) is 0 Å². The van der Waals surface area contributed by atoms with Crippen molar-refractivity contribution < 1.29 is 20.4 Å². The second-order valence-electron chi connectivity index (χ2n) is 5.86. The van der Waals surface area contributed by atoms with Crippen molar-refractivity contribution in [3.05, 3.63) is 0 Å². The summed E-state index contributed by atoms with van der Waals surface area (Å²) in [7, 11) is 0. The Morgan fingerprint density at radius 2 is 1.67 bits per heavy atom. The van der Waals surface area contributed by atoms with Gasteiger partial charge in [0, 0.05) is 13.2 Å². The van der Waals surface area contributed by atoms with Gasteiger partial charge in [-0.1, -0.05) is 12.8 Å². The summed E-state index contributed by atoms with van der Waals surface area (Å²) in [6.45, 7) is 0.518. The first-order valence-electron chi connectivity index (χ1n) is 7.20. The molecule has 1 aliphatic carbocycles. The topological polar surface area (TPSA) is 80.9 Å². The molecule has 0 heterocycles. The van der Waals surface area contributed by atoms with Crippen LogP contribution in [-0.2, 0) is 0 Å². The summed E-state index contributed by atoms with van der Waals surface area (Å²) in [6, 6.07) is 0. The molecule has 0 aliphatic heterocycles. The van der Waals surface area contributed by atoms with Gasteiger partial charge in [0.1, 0.15) is 0 Å². The highest BCUT2D eigenvalue weighted by molar-refractivity contribution is 4.85. The predicted molar refractivity (Wildman–Crippen MR) is 69.9 cm³/mol. The summed E-state index contributed by atoms with van der Waals surface area (Å²) in [6.07, 6.45) is 7.20. The van der Waals surface area contributed by atoms with Crippen molar-refractivity contribution in [3.8, 4) is 0 Å². The Kier molecular flexibility index (Phi) is 7.15. The van der Waals surface area contributed by atoms with E-state index in [2.05, 4.69) is 0 Å². The molecule has 1 saturated carbocycles. The minimum absolute atomic E-state index is 0.0590. The number of hydrogen-bond acceptors (Lipinski definition) is 4. The molecule has 1 rings (SSSR count). The highest BCUT2D eigenvalue weighted by Gasteiger charge is 2.33. The fourth-order valence-electron chi connectivity index (χ4n) is 2.96. The number of aliphatic hydroxyl groups is 4. The summed E-state index contributed by atoms with van der Waals surface area (Å²) >= 11 is 0. The van der Waals surface area contributed by atoms with Crippen LogP contribution in [0.3, 0.4) is 0 Å². The van der Waals surface area contributed by atoms with E-state index in [9.17, 15) is 5.11 Å². The lowest BCUT2D eigenvalue weighted by Gasteiger charge is -2.38. The van der Waals surface area contributed by atoms with Crippen molar-refractivity contribution in [1.82, 2.24) is 0 Å². The molecule has 0 amide bonds. The van der Waals surface area contributed by atoms with Gasteiger partial charge in [-0.25, -0.2) is 0 Å². The van der Waals surface area contributed by atoms with Crippen LogP contribution in [0, 0.1) is 11.3 Å². The largest absolute Gasteiger partial charge is 0.396 e. The van der Waals surface area contributed by atoms with Crippen molar-refractivity contribution in [1.29, 1.82) is 0 Å². The maximum Gasteiger partial charge on any atom is 0.151 e. The number of unbranched alkanes of at least 4 members (excludes halogenated alkanes) is 2. The van der Waals surface area contributed by atoms with Crippen LogP contribution in [-0.4, -0.2) is 39.9 Å². The predicted octanol–water partition coefficient (Wildman–Crippen LogP) is 1.41. The van der Waals surface area contributed by atoms with Gasteiger partial charge in [0.15, 0.2) is 6.29 Å². The van der Waals surface area contributed by atoms with E-state index in [0.717, 1.165) is 51.4 Å². The Morgan fingerprint density at radius 3 is 2.17 bits per heavy atom. The van der Waals surface area contributed by atoms with E-state index in [1.807, 2.05) is 0 Å². The van der Waals surface area contributed by atoms with Crippen LogP contribution < -0.4 is 0 Å². The molecule has 0 atom stereocenters. The molecule has 0 aromatic carbocycles. The SMILES string of the molecule is OCC1CCC(CO)(CCCCCC(O)O)CC1. The molecule has 0 unspecified atom stereocenters. The zero-order valence-corrected chi connectivity index (χ0v) is 11.2. The summed E-state index contributed by atoms with van der Waals surface area (Å²) in [5.41, 5.74) is 0.0590. The van der Waals surface area contributed by atoms with Crippen LogP contribution in [0.1, 0.15) is 57.8 Å². The van der Waals surface area contributed by atoms with Gasteiger partial charge in [0.05, 0.1) is 0 Å². The van der Waals surface area contributed by atoms with Crippen LogP contribution in [0.2, 0.25) is 0 Å². The Balaban J connectivity index is 2.21. The van der Waals surface area contributed by atoms with Gasteiger partial charge in [-0.15, -0.1) is 0 Å². The van der Waals surface area contributed by atoms with Gasteiger partial charge in [-0.05, 0) is 56.3 Å². The molecule has 0 radical (unpaired) electrons. The molecule has 18 heavy (non-hydrogen) atoms. The molecule has 0 spiro atoms. The molecule has 1 aliphatic rings. The maximum atomic E-state index is 9.60. The lowest BCUT2D eigenvalue weighted by Crippen LogP contribution is -2.32. The molecule has 108 valence electrons. The molecule has 1 fully saturated rings. The van der Waals surface area contributed by atoms with E-state index in [1.165, 1.54) is 0 Å². The van der Waals surface area contributed by atoms with E-state index in [4.69, 9.17) is 15.3 Å². The standard InChI is InChI=1S/C14H28O4/c15-10-12-5-8-14(11-16,9-6-12)7-3-1-2-4-13(17)18/h12-13,15-18H,1-11H2. The van der Waals surface area contributed by atoms with Crippen LogP contribution in [0.25, 0.3) is 0 Å². The van der Waals surface area contributed by atoms with Gasteiger partial charge in [0.2, 0.25) is 0 Å². The van der Waals surface area contributed by atoms with E-state index in [-0.39, 0.29) is 18.6 Å². The minimum Gasteiger partial charge on any atom is -0.396 e. The second kappa shape index (κ2) is 8.10. The Hall–Kier alpha value is -0.160. The van der Waals surface area contributed by atoms with Crippen molar-refractivity contribution >= 4 is 0 Å². The van der Waals surface area contributed by atoms with Crippen molar-refractivity contribution in [2.75, 3.05) is 13.2 Å². The summed E-state index contributed by atoms with van der Waals surface area (Å²) in [5, 5.41) is 36.2. The summed E-state index contributed by atoms with van der Waals surface area (Å²) < 4.78 is 0. The first-order chi connectivity index (χ1) is 8.62. The summed E-state index contributed by atoms with van der Waals surface area (Å²) in [4.78, 5) is 0.